The van der Waals surface area contributed by atoms with Crippen molar-refractivity contribution in [1.29, 1.82) is 0 Å². The number of hydrogen-bond donors (Lipinski definition) is 0. The van der Waals surface area contributed by atoms with E-state index in [1.165, 1.54) is 0 Å². The minimum atomic E-state index is -0.00444. The predicted octanol–water partition coefficient (Wildman–Crippen LogP) is 2.17. The van der Waals surface area contributed by atoms with Crippen LogP contribution < -0.4 is 0 Å². The highest BCUT2D eigenvalue weighted by Crippen LogP contribution is 2.23. The third kappa shape index (κ3) is 3.08. The molecule has 1 unspecified atom stereocenters. The van der Waals surface area contributed by atoms with Crippen molar-refractivity contribution in [1.82, 2.24) is 24.9 Å². The van der Waals surface area contributed by atoms with Crippen molar-refractivity contribution < 1.29 is 13.7 Å². The SMILES string of the molecule is Cc1nc(CN(C)C2CCN(C(=O)c3cccc4oc(C)nc34)C2)no1. The standard InChI is InChI=1S/C18H21N5O3/c1-11-20-17-14(5-4-6-15(17)25-11)18(24)23-8-7-13(9-23)22(3)10-16-19-12(2)26-21-16/h4-6,13H,7-10H2,1-3H3. The summed E-state index contributed by atoms with van der Waals surface area (Å²) in [7, 11) is 2.02. The lowest BCUT2D eigenvalue weighted by Crippen LogP contribution is -2.36. The first-order chi connectivity index (χ1) is 12.5. The van der Waals surface area contributed by atoms with Crippen LogP contribution in [0.1, 0.15) is 34.4 Å². The van der Waals surface area contributed by atoms with Crippen molar-refractivity contribution in [3.05, 3.63) is 41.4 Å². The van der Waals surface area contributed by atoms with Crippen LogP contribution in [0.2, 0.25) is 0 Å². The van der Waals surface area contributed by atoms with Crippen LogP contribution in [0.4, 0.5) is 0 Å². The van der Waals surface area contributed by atoms with Crippen LogP contribution in [-0.2, 0) is 6.54 Å². The summed E-state index contributed by atoms with van der Waals surface area (Å²) in [4.78, 5) is 25.6. The van der Waals surface area contributed by atoms with Gasteiger partial charge in [-0.2, -0.15) is 4.98 Å². The number of hydrogen-bond acceptors (Lipinski definition) is 7. The molecule has 2 aromatic heterocycles. The van der Waals surface area contributed by atoms with Crippen LogP contribution in [0.25, 0.3) is 11.1 Å². The molecule has 26 heavy (non-hydrogen) atoms. The van der Waals surface area contributed by atoms with Crippen molar-refractivity contribution in [3.63, 3.8) is 0 Å². The molecule has 0 saturated carbocycles. The van der Waals surface area contributed by atoms with E-state index in [0.29, 0.717) is 53.9 Å². The maximum absolute atomic E-state index is 13.0. The number of carbonyl (C=O) groups is 1. The average molecular weight is 355 g/mol. The predicted molar refractivity (Wildman–Crippen MR) is 93.6 cm³/mol. The Morgan fingerprint density at radius 1 is 1.31 bits per heavy atom. The Bertz CT molecular complexity index is 947. The zero-order valence-electron chi connectivity index (χ0n) is 15.1. The Labute approximate surface area is 150 Å². The molecule has 3 aromatic rings. The smallest absolute Gasteiger partial charge is 0.256 e. The molecule has 0 N–H and O–H groups in total. The van der Waals surface area contributed by atoms with E-state index in [4.69, 9.17) is 8.94 Å². The molecule has 8 heteroatoms. The number of para-hydroxylation sites is 1. The first kappa shape index (κ1) is 16.7. The summed E-state index contributed by atoms with van der Waals surface area (Å²) in [5.41, 5.74) is 1.87. The summed E-state index contributed by atoms with van der Waals surface area (Å²) in [6.07, 6.45) is 0.910. The fraction of sp³-hybridized carbons (Fsp3) is 0.444. The van der Waals surface area contributed by atoms with Crippen molar-refractivity contribution in [2.75, 3.05) is 20.1 Å². The van der Waals surface area contributed by atoms with Crippen LogP contribution in [0, 0.1) is 13.8 Å². The summed E-state index contributed by atoms with van der Waals surface area (Å²) < 4.78 is 10.6. The molecular weight excluding hydrogens is 334 g/mol. The normalized spacial score (nSPS) is 17.5. The molecule has 0 spiro atoms. The molecule has 1 amide bonds. The first-order valence-corrected chi connectivity index (χ1v) is 8.66. The number of aryl methyl sites for hydroxylation is 2. The Kier molecular flexibility index (Phi) is 4.20. The first-order valence-electron chi connectivity index (χ1n) is 8.66. The maximum atomic E-state index is 13.0. The highest BCUT2D eigenvalue weighted by atomic mass is 16.5. The van der Waals surface area contributed by atoms with Gasteiger partial charge >= 0.3 is 0 Å². The van der Waals surface area contributed by atoms with E-state index >= 15 is 0 Å². The van der Waals surface area contributed by atoms with Gasteiger partial charge in [0.2, 0.25) is 5.89 Å². The second-order valence-corrected chi connectivity index (χ2v) is 6.72. The van der Waals surface area contributed by atoms with E-state index in [2.05, 4.69) is 20.0 Å². The second-order valence-electron chi connectivity index (χ2n) is 6.72. The lowest BCUT2D eigenvalue weighted by molar-refractivity contribution is 0.0781. The monoisotopic (exact) mass is 355 g/mol. The molecule has 4 rings (SSSR count). The topological polar surface area (TPSA) is 88.5 Å². The van der Waals surface area contributed by atoms with Crippen molar-refractivity contribution in [2.45, 2.75) is 32.9 Å². The third-order valence-corrected chi connectivity index (χ3v) is 4.79. The Balaban J connectivity index is 1.46. The van der Waals surface area contributed by atoms with Crippen LogP contribution in [0.5, 0.6) is 0 Å². The van der Waals surface area contributed by atoms with Gasteiger partial charge in [0.25, 0.3) is 5.91 Å². The molecule has 1 saturated heterocycles. The average Bonchev–Trinajstić information content (AvgIpc) is 3.32. The number of amides is 1. The number of fused-ring (bicyclic) bond motifs is 1. The number of likely N-dealkylation sites (N-methyl/N-ethyl adjacent to an activating group) is 1. The van der Waals surface area contributed by atoms with E-state index in [9.17, 15) is 4.79 Å². The third-order valence-electron chi connectivity index (χ3n) is 4.79. The van der Waals surface area contributed by atoms with Crippen molar-refractivity contribution in [2.24, 2.45) is 0 Å². The van der Waals surface area contributed by atoms with E-state index in [1.54, 1.807) is 13.8 Å². The Hall–Kier alpha value is -2.74. The van der Waals surface area contributed by atoms with Gasteiger partial charge in [-0.15, -0.1) is 0 Å². The molecule has 1 aliphatic rings. The van der Waals surface area contributed by atoms with Gasteiger partial charge in [-0.3, -0.25) is 9.69 Å². The lowest BCUT2D eigenvalue weighted by Gasteiger charge is -2.23. The van der Waals surface area contributed by atoms with E-state index in [0.717, 1.165) is 6.42 Å². The number of rotatable bonds is 4. The van der Waals surface area contributed by atoms with E-state index in [-0.39, 0.29) is 11.9 Å². The molecule has 136 valence electrons. The molecule has 1 aliphatic heterocycles. The van der Waals surface area contributed by atoms with Crippen molar-refractivity contribution in [3.8, 4) is 0 Å². The second kappa shape index (κ2) is 6.53. The molecule has 0 bridgehead atoms. The van der Waals surface area contributed by atoms with Gasteiger partial charge in [-0.1, -0.05) is 11.2 Å². The van der Waals surface area contributed by atoms with Crippen LogP contribution in [-0.4, -0.2) is 57.0 Å². The molecule has 1 aromatic carbocycles. The highest BCUT2D eigenvalue weighted by Gasteiger charge is 2.31. The Morgan fingerprint density at radius 2 is 2.15 bits per heavy atom. The van der Waals surface area contributed by atoms with Gasteiger partial charge in [0, 0.05) is 33.0 Å². The molecule has 0 aliphatic carbocycles. The number of aromatic nitrogens is 3. The summed E-state index contributed by atoms with van der Waals surface area (Å²) in [5.74, 6) is 1.79. The summed E-state index contributed by atoms with van der Waals surface area (Å²) >= 11 is 0. The summed E-state index contributed by atoms with van der Waals surface area (Å²) in [5, 5.41) is 3.94. The maximum Gasteiger partial charge on any atom is 0.256 e. The fourth-order valence-corrected chi connectivity index (χ4v) is 3.45. The number of carbonyl (C=O) groups excluding carboxylic acids is 1. The van der Waals surface area contributed by atoms with Gasteiger partial charge in [0.15, 0.2) is 17.3 Å². The lowest BCUT2D eigenvalue weighted by atomic mass is 10.1. The minimum Gasteiger partial charge on any atom is -0.441 e. The van der Waals surface area contributed by atoms with Crippen LogP contribution in [0.3, 0.4) is 0 Å². The molecule has 3 heterocycles. The highest BCUT2D eigenvalue weighted by molar-refractivity contribution is 6.04. The van der Waals surface area contributed by atoms with Gasteiger partial charge in [-0.05, 0) is 25.6 Å². The molecule has 0 radical (unpaired) electrons. The largest absolute Gasteiger partial charge is 0.441 e. The van der Waals surface area contributed by atoms with Gasteiger partial charge in [0.05, 0.1) is 12.1 Å². The number of nitrogens with zero attached hydrogens (tertiary/aromatic N) is 5. The minimum absolute atomic E-state index is 0.00444. The molecule has 1 atom stereocenters. The summed E-state index contributed by atoms with van der Waals surface area (Å²) in [6, 6.07) is 5.74. The van der Waals surface area contributed by atoms with Gasteiger partial charge < -0.3 is 13.8 Å². The van der Waals surface area contributed by atoms with Crippen molar-refractivity contribution >= 4 is 17.0 Å². The number of likely N-dealkylation sites (tertiary alicyclic amines) is 1. The van der Waals surface area contributed by atoms with Gasteiger partial charge in [-0.25, -0.2) is 4.98 Å². The molecule has 8 nitrogen and oxygen atoms in total. The fourth-order valence-electron chi connectivity index (χ4n) is 3.45. The van der Waals surface area contributed by atoms with Crippen LogP contribution >= 0.6 is 0 Å². The number of oxazole rings is 1. The van der Waals surface area contributed by atoms with E-state index in [1.807, 2.05) is 30.1 Å². The van der Waals surface area contributed by atoms with E-state index < -0.39 is 0 Å². The van der Waals surface area contributed by atoms with Gasteiger partial charge in [0.1, 0.15) is 5.52 Å². The zero-order valence-corrected chi connectivity index (χ0v) is 15.1. The molecule has 1 fully saturated rings. The Morgan fingerprint density at radius 3 is 2.92 bits per heavy atom. The van der Waals surface area contributed by atoms with Crippen LogP contribution in [0.15, 0.2) is 27.1 Å². The summed E-state index contributed by atoms with van der Waals surface area (Å²) in [6.45, 7) is 5.54. The quantitative estimate of drug-likeness (QED) is 0.708. The molecular formula is C18H21N5O3. The zero-order chi connectivity index (χ0) is 18.3. The number of benzene rings is 1.